The molecule has 12 nitrogen and oxygen atoms in total. The molecule has 3 aliphatic heterocycles. The van der Waals surface area contributed by atoms with Gasteiger partial charge in [0.25, 0.3) is 15.9 Å². The van der Waals surface area contributed by atoms with Gasteiger partial charge >= 0.3 is 0 Å². The van der Waals surface area contributed by atoms with Gasteiger partial charge in [-0.3, -0.25) is 14.6 Å². The van der Waals surface area contributed by atoms with Crippen molar-refractivity contribution in [2.75, 3.05) is 57.3 Å². The number of anilines is 1. The van der Waals surface area contributed by atoms with Gasteiger partial charge in [0, 0.05) is 43.3 Å². The number of rotatable bonds is 8. The fourth-order valence-corrected chi connectivity index (χ4v) is 8.21. The number of nitrogens with zero attached hydrogens (tertiary/aromatic N) is 6. The number of halogens is 1. The highest BCUT2D eigenvalue weighted by molar-refractivity contribution is 7.93. The maximum Gasteiger partial charge on any atom is 0.288 e. The number of carbonyl (C=O) groups is 1. The van der Waals surface area contributed by atoms with Crippen LogP contribution in [0.15, 0.2) is 53.7 Å². The molecule has 45 heavy (non-hydrogen) atoms. The van der Waals surface area contributed by atoms with Crippen LogP contribution in [0.2, 0.25) is 5.15 Å². The molecule has 0 bridgehead atoms. The van der Waals surface area contributed by atoms with Crippen molar-refractivity contribution in [3.8, 4) is 17.7 Å². The van der Waals surface area contributed by atoms with Crippen molar-refractivity contribution < 1.29 is 22.7 Å². The van der Waals surface area contributed by atoms with E-state index in [4.69, 9.17) is 21.1 Å². The van der Waals surface area contributed by atoms with Crippen molar-refractivity contribution in [2.45, 2.75) is 36.4 Å². The Balaban J connectivity index is 1.55. The molecule has 6 rings (SSSR count). The van der Waals surface area contributed by atoms with Gasteiger partial charge in [-0.25, -0.2) is 9.97 Å². The highest BCUT2D eigenvalue weighted by atomic mass is 35.5. The van der Waals surface area contributed by atoms with Crippen LogP contribution < -0.4 is 19.1 Å². The smallest absolute Gasteiger partial charge is 0.288 e. The zero-order valence-corrected chi connectivity index (χ0v) is 26.6. The first-order valence-electron chi connectivity index (χ1n) is 14.9. The Hall–Kier alpha value is -3.80. The number of amides is 1. The molecule has 1 atom stereocenters. The van der Waals surface area contributed by atoms with Crippen LogP contribution >= 0.6 is 11.6 Å². The van der Waals surface area contributed by atoms with E-state index in [1.54, 1.807) is 25.1 Å². The second kappa shape index (κ2) is 12.5. The van der Waals surface area contributed by atoms with Crippen LogP contribution in [0.25, 0.3) is 0 Å². The van der Waals surface area contributed by atoms with E-state index in [9.17, 15) is 13.7 Å². The summed E-state index contributed by atoms with van der Waals surface area (Å²) in [7, 11) is -3.07. The summed E-state index contributed by atoms with van der Waals surface area (Å²) in [5.74, 6) is -0.241. The number of methoxy groups -OCH3 is 1. The third kappa shape index (κ3) is 5.30. The Bertz CT molecular complexity index is 1740. The maximum atomic E-state index is 15.2. The number of hydrogen-bond donors (Lipinski definition) is 1. The summed E-state index contributed by atoms with van der Waals surface area (Å²) in [5.41, 5.74) is -0.574. The molecule has 3 aromatic rings. The third-order valence-corrected chi connectivity index (χ3v) is 10.6. The normalized spacial score (nSPS) is 21.4. The van der Waals surface area contributed by atoms with Gasteiger partial charge in [-0.2, -0.15) is 18.0 Å². The van der Waals surface area contributed by atoms with E-state index < -0.39 is 21.5 Å². The predicted molar refractivity (Wildman–Crippen MR) is 167 cm³/mol. The maximum absolute atomic E-state index is 15.2. The minimum Gasteiger partial charge on any atom is -0.495 e. The number of nitrogens with one attached hydrogen (secondary N) is 1. The quantitative estimate of drug-likeness (QED) is 0.360. The van der Waals surface area contributed by atoms with Crippen molar-refractivity contribution in [1.82, 2.24) is 25.1 Å². The minimum atomic E-state index is -4.52. The summed E-state index contributed by atoms with van der Waals surface area (Å²) in [6, 6.07) is 13.2. The Morgan fingerprint density at radius 3 is 2.49 bits per heavy atom. The van der Waals surface area contributed by atoms with Gasteiger partial charge in [0.05, 0.1) is 37.2 Å². The van der Waals surface area contributed by atoms with Crippen molar-refractivity contribution in [2.24, 2.45) is 0 Å². The number of pyridine rings is 2. The van der Waals surface area contributed by atoms with Crippen molar-refractivity contribution >= 4 is 33.2 Å². The molecule has 0 radical (unpaired) electrons. The van der Waals surface area contributed by atoms with Crippen LogP contribution in [0.3, 0.4) is 0 Å². The Kier molecular flexibility index (Phi) is 8.69. The number of piperidine rings is 1. The largest absolute Gasteiger partial charge is 0.495 e. The van der Waals surface area contributed by atoms with E-state index >= 15 is 4.79 Å². The lowest BCUT2D eigenvalue weighted by Gasteiger charge is -2.47. The number of ether oxygens (including phenoxy) is 2. The molecule has 1 unspecified atom stereocenters. The molecule has 0 spiro atoms. The number of piperazine rings is 1. The lowest BCUT2D eigenvalue weighted by Crippen LogP contribution is -2.62. The van der Waals surface area contributed by atoms with E-state index in [1.807, 2.05) is 4.90 Å². The summed E-state index contributed by atoms with van der Waals surface area (Å²) >= 11 is 6.32. The van der Waals surface area contributed by atoms with Gasteiger partial charge in [-0.05, 0) is 75.3 Å². The fraction of sp³-hybridized carbons (Fsp3) is 0.419. The molecule has 1 aromatic carbocycles. The number of sulfonamides is 1. The topological polar surface area (TPSA) is 141 Å². The number of benzene rings is 1. The molecular formula is C31H34ClN7O5S. The molecule has 2 saturated heterocycles. The van der Waals surface area contributed by atoms with Crippen LogP contribution in [-0.2, 0) is 20.4 Å². The first kappa shape index (κ1) is 31.2. The van der Waals surface area contributed by atoms with E-state index in [2.05, 4.69) is 26.3 Å². The molecule has 2 aromatic heterocycles. The molecule has 2 fully saturated rings. The first-order chi connectivity index (χ1) is 21.7. The van der Waals surface area contributed by atoms with Crippen molar-refractivity contribution in [3.63, 3.8) is 0 Å². The van der Waals surface area contributed by atoms with E-state index in [0.29, 0.717) is 49.1 Å². The second-order valence-corrected chi connectivity index (χ2v) is 13.2. The molecule has 0 aliphatic carbocycles. The summed E-state index contributed by atoms with van der Waals surface area (Å²) in [6.45, 7) is 6.19. The van der Waals surface area contributed by atoms with Gasteiger partial charge in [0.2, 0.25) is 5.88 Å². The van der Waals surface area contributed by atoms with Gasteiger partial charge in [-0.1, -0.05) is 11.6 Å². The van der Waals surface area contributed by atoms with Gasteiger partial charge in [0.15, 0.2) is 10.6 Å². The molecule has 3 aliphatic rings. The molecule has 5 heterocycles. The van der Waals surface area contributed by atoms with E-state index in [-0.39, 0.29) is 33.9 Å². The number of nitriles is 1. The highest BCUT2D eigenvalue weighted by Gasteiger charge is 2.61. The molecule has 236 valence electrons. The molecule has 0 saturated carbocycles. The zero-order valence-electron chi connectivity index (χ0n) is 25.1. The average Bonchev–Trinajstić information content (AvgIpc) is 3.33. The van der Waals surface area contributed by atoms with Crippen LogP contribution in [0.5, 0.6) is 11.6 Å². The fourth-order valence-electron chi connectivity index (χ4n) is 6.69. The standard InChI is InChI=1S/C31H34ClN7O5S/c1-3-44-29-24(6-8-27(32)36-29)31(38-16-14-37(15-17-38)22-10-12-34-13-11-22)25-18-21(19-33)4-7-26(25)39(30(31)40)45(41,42)28-9-5-23(43-2)20-35-28/h4-9,18,20,22,34H,3,10-17H2,1-2H3. The van der Waals surface area contributed by atoms with Gasteiger partial charge < -0.3 is 14.8 Å². The summed E-state index contributed by atoms with van der Waals surface area (Å²) < 4.78 is 40.6. The van der Waals surface area contributed by atoms with Crippen molar-refractivity contribution in [3.05, 3.63) is 70.5 Å². The predicted octanol–water partition coefficient (Wildman–Crippen LogP) is 2.76. The number of aromatic nitrogens is 2. The van der Waals surface area contributed by atoms with Crippen LogP contribution in [-0.4, -0.2) is 93.1 Å². The van der Waals surface area contributed by atoms with Crippen LogP contribution in [0, 0.1) is 11.3 Å². The summed E-state index contributed by atoms with van der Waals surface area (Å²) in [6.07, 6.45) is 3.36. The number of hydrogen-bond acceptors (Lipinski definition) is 11. The number of carbonyl (C=O) groups excluding carboxylic acids is 1. The Labute approximate surface area is 267 Å². The molecule has 14 heteroatoms. The van der Waals surface area contributed by atoms with Crippen molar-refractivity contribution in [1.29, 1.82) is 5.26 Å². The van der Waals surface area contributed by atoms with Gasteiger partial charge in [-0.15, -0.1) is 0 Å². The first-order valence-corrected chi connectivity index (χ1v) is 16.7. The van der Waals surface area contributed by atoms with E-state index in [0.717, 1.165) is 30.2 Å². The SMILES string of the molecule is CCOc1nc(Cl)ccc1C1(N2CCN(C3CCNCC3)CC2)C(=O)N(S(=O)(=O)c2ccc(OC)cn2)c2ccc(C#N)cc21. The molecule has 1 amide bonds. The van der Waals surface area contributed by atoms with Crippen LogP contribution in [0.4, 0.5) is 5.69 Å². The lowest BCUT2D eigenvalue weighted by molar-refractivity contribution is -0.128. The Morgan fingerprint density at radius 1 is 1.09 bits per heavy atom. The van der Waals surface area contributed by atoms with Crippen LogP contribution in [0.1, 0.15) is 36.5 Å². The van der Waals surface area contributed by atoms with E-state index in [1.165, 1.54) is 37.6 Å². The Morgan fingerprint density at radius 2 is 1.84 bits per heavy atom. The monoisotopic (exact) mass is 651 g/mol. The lowest BCUT2D eigenvalue weighted by atomic mass is 9.81. The zero-order chi connectivity index (χ0) is 31.8. The molecule has 1 N–H and O–H groups in total. The average molecular weight is 652 g/mol. The molecular weight excluding hydrogens is 618 g/mol. The number of fused-ring (bicyclic) bond motifs is 1. The minimum absolute atomic E-state index is 0.120. The summed E-state index contributed by atoms with van der Waals surface area (Å²) in [4.78, 5) is 28.2. The second-order valence-electron chi connectivity index (χ2n) is 11.1. The summed E-state index contributed by atoms with van der Waals surface area (Å²) in [5, 5.41) is 13.2. The van der Waals surface area contributed by atoms with Gasteiger partial charge in [0.1, 0.15) is 10.9 Å². The third-order valence-electron chi connectivity index (χ3n) is 8.79. The highest BCUT2D eigenvalue weighted by Crippen LogP contribution is 2.52.